The Balaban J connectivity index is 0.00000121. The maximum atomic E-state index is 8.22. The first-order valence-corrected chi connectivity index (χ1v) is 3.76. The molecular weight excluding hydrogens is 175 g/mol. The van der Waals surface area contributed by atoms with Crippen LogP contribution in [-0.2, 0) is 9.57 Å². The summed E-state index contributed by atoms with van der Waals surface area (Å²) in [6.07, 6.45) is 0.456. The van der Waals surface area contributed by atoms with Crippen molar-refractivity contribution in [3.63, 3.8) is 0 Å². The lowest BCUT2D eigenvalue weighted by Gasteiger charge is -2.25. The van der Waals surface area contributed by atoms with Gasteiger partial charge in [0.25, 0.3) is 0 Å². The van der Waals surface area contributed by atoms with E-state index in [1.807, 2.05) is 11.1 Å². The minimum atomic E-state index is 0. The summed E-state index contributed by atoms with van der Waals surface area (Å²) < 4.78 is 5.12. The van der Waals surface area contributed by atoms with Gasteiger partial charge in [-0.1, -0.05) is 0 Å². The molecule has 1 rings (SSSR count). The highest BCUT2D eigenvalue weighted by molar-refractivity contribution is 6.92. The lowest BCUT2D eigenvalue weighted by atomic mass is 10.5. The van der Waals surface area contributed by atoms with Gasteiger partial charge in [0.2, 0.25) is 0 Å². The number of rotatable bonds is 3. The van der Waals surface area contributed by atoms with Gasteiger partial charge in [0.15, 0.2) is 0 Å². The summed E-state index contributed by atoms with van der Waals surface area (Å²) in [6, 6.07) is 2.02. The fraction of sp³-hybridized carbons (Fsp3) is 0.857. The predicted octanol–water partition coefficient (Wildman–Crippen LogP) is 0.222. The standard InChI is InChI=1S/C7H12N2O2.H3P/c8-2-1-5-11-9-3-6-10-7-4-9;/h1,3-7H2;1H3. The summed E-state index contributed by atoms with van der Waals surface area (Å²) in [5, 5.41) is 10.1. The molecule has 1 aliphatic rings. The number of nitriles is 1. The molecule has 0 saturated carbocycles. The van der Waals surface area contributed by atoms with Gasteiger partial charge in [-0.15, -0.1) is 0 Å². The van der Waals surface area contributed by atoms with Crippen molar-refractivity contribution in [3.8, 4) is 6.07 Å². The number of morpholine rings is 1. The Kier molecular flexibility index (Phi) is 7.33. The molecular formula is C7H15N2O2P. The molecule has 70 valence electrons. The normalized spacial score (nSPS) is 17.9. The molecule has 0 spiro atoms. The third-order valence-corrected chi connectivity index (χ3v) is 1.46. The first-order chi connectivity index (χ1) is 5.43. The van der Waals surface area contributed by atoms with Crippen LogP contribution < -0.4 is 0 Å². The third kappa shape index (κ3) is 4.63. The van der Waals surface area contributed by atoms with E-state index in [-0.39, 0.29) is 9.90 Å². The quantitative estimate of drug-likeness (QED) is 0.472. The first-order valence-electron chi connectivity index (χ1n) is 3.76. The fourth-order valence-corrected chi connectivity index (χ4v) is 0.896. The van der Waals surface area contributed by atoms with E-state index in [1.165, 1.54) is 0 Å². The molecule has 0 aliphatic carbocycles. The van der Waals surface area contributed by atoms with Crippen molar-refractivity contribution >= 4 is 9.90 Å². The van der Waals surface area contributed by atoms with Gasteiger partial charge in [0, 0.05) is 13.1 Å². The summed E-state index contributed by atoms with van der Waals surface area (Å²) in [4.78, 5) is 5.25. The molecule has 0 aromatic rings. The van der Waals surface area contributed by atoms with Gasteiger partial charge >= 0.3 is 0 Å². The summed E-state index contributed by atoms with van der Waals surface area (Å²) in [5.41, 5.74) is 0. The zero-order valence-electron chi connectivity index (χ0n) is 7.16. The Morgan fingerprint density at radius 2 is 2.08 bits per heavy atom. The monoisotopic (exact) mass is 190 g/mol. The highest BCUT2D eigenvalue weighted by atomic mass is 31.0. The zero-order valence-corrected chi connectivity index (χ0v) is 8.57. The first kappa shape index (κ1) is 11.8. The van der Waals surface area contributed by atoms with Crippen molar-refractivity contribution in [2.45, 2.75) is 6.42 Å². The Morgan fingerprint density at radius 3 is 2.67 bits per heavy atom. The molecule has 0 N–H and O–H groups in total. The van der Waals surface area contributed by atoms with Crippen molar-refractivity contribution in [3.05, 3.63) is 0 Å². The number of ether oxygens (including phenoxy) is 1. The van der Waals surface area contributed by atoms with E-state index >= 15 is 0 Å². The van der Waals surface area contributed by atoms with Crippen LogP contribution in [0.1, 0.15) is 6.42 Å². The molecule has 1 fully saturated rings. The molecule has 0 aromatic carbocycles. The number of nitrogens with zero attached hydrogens (tertiary/aromatic N) is 2. The molecule has 1 saturated heterocycles. The van der Waals surface area contributed by atoms with E-state index in [2.05, 4.69) is 0 Å². The second-order valence-corrected chi connectivity index (χ2v) is 2.28. The minimum absolute atomic E-state index is 0. The van der Waals surface area contributed by atoms with Crippen LogP contribution in [0.5, 0.6) is 0 Å². The molecule has 1 atom stereocenters. The number of hydrogen-bond acceptors (Lipinski definition) is 4. The van der Waals surface area contributed by atoms with Gasteiger partial charge in [-0.05, 0) is 0 Å². The van der Waals surface area contributed by atoms with E-state index in [4.69, 9.17) is 14.8 Å². The average Bonchev–Trinajstić information content (AvgIpc) is 2.07. The van der Waals surface area contributed by atoms with Crippen LogP contribution in [0.2, 0.25) is 0 Å². The highest BCUT2D eigenvalue weighted by Gasteiger charge is 2.09. The topological polar surface area (TPSA) is 45.5 Å². The van der Waals surface area contributed by atoms with Crippen LogP contribution in [0.25, 0.3) is 0 Å². The SMILES string of the molecule is N#CCCON1CCOCC1.P. The maximum absolute atomic E-state index is 8.22. The summed E-state index contributed by atoms with van der Waals surface area (Å²) in [6.45, 7) is 3.58. The van der Waals surface area contributed by atoms with Crippen molar-refractivity contribution in [2.24, 2.45) is 0 Å². The molecule has 12 heavy (non-hydrogen) atoms. The van der Waals surface area contributed by atoms with Crippen molar-refractivity contribution < 1.29 is 9.57 Å². The smallest absolute Gasteiger partial charge is 0.0815 e. The van der Waals surface area contributed by atoms with Crippen LogP contribution >= 0.6 is 9.90 Å². The van der Waals surface area contributed by atoms with Crippen LogP contribution in [0.3, 0.4) is 0 Å². The summed E-state index contributed by atoms with van der Waals surface area (Å²) in [7, 11) is 0. The van der Waals surface area contributed by atoms with Gasteiger partial charge in [-0.3, -0.25) is 4.84 Å². The lowest BCUT2D eigenvalue weighted by molar-refractivity contribution is -0.192. The third-order valence-electron chi connectivity index (χ3n) is 1.46. The van der Waals surface area contributed by atoms with E-state index < -0.39 is 0 Å². The van der Waals surface area contributed by atoms with E-state index in [1.54, 1.807) is 0 Å². The summed E-state index contributed by atoms with van der Waals surface area (Å²) >= 11 is 0. The van der Waals surface area contributed by atoms with Gasteiger partial charge in [-0.2, -0.15) is 20.2 Å². The van der Waals surface area contributed by atoms with Gasteiger partial charge < -0.3 is 4.74 Å². The van der Waals surface area contributed by atoms with Crippen LogP contribution in [-0.4, -0.2) is 38.0 Å². The summed E-state index contributed by atoms with van der Waals surface area (Å²) in [5.74, 6) is 0. The Hall–Kier alpha value is -0.200. The van der Waals surface area contributed by atoms with Crippen molar-refractivity contribution in [2.75, 3.05) is 32.9 Å². The van der Waals surface area contributed by atoms with E-state index in [0.717, 1.165) is 26.3 Å². The predicted molar refractivity (Wildman–Crippen MR) is 49.7 cm³/mol. The second kappa shape index (κ2) is 7.45. The zero-order chi connectivity index (χ0) is 7.94. The molecule has 5 heteroatoms. The number of hydrogen-bond donors (Lipinski definition) is 0. The highest BCUT2D eigenvalue weighted by Crippen LogP contribution is 1.97. The molecule has 4 nitrogen and oxygen atoms in total. The minimum Gasteiger partial charge on any atom is -0.379 e. The lowest BCUT2D eigenvalue weighted by Crippen LogP contribution is -2.36. The van der Waals surface area contributed by atoms with Gasteiger partial charge in [-0.25, -0.2) is 0 Å². The molecule has 0 aromatic heterocycles. The molecule has 0 amide bonds. The maximum Gasteiger partial charge on any atom is 0.0815 e. The fourth-order valence-electron chi connectivity index (χ4n) is 0.896. The number of hydroxylamine groups is 2. The average molecular weight is 190 g/mol. The van der Waals surface area contributed by atoms with Crippen molar-refractivity contribution in [1.29, 1.82) is 5.26 Å². The second-order valence-electron chi connectivity index (χ2n) is 2.28. The largest absolute Gasteiger partial charge is 0.379 e. The van der Waals surface area contributed by atoms with Gasteiger partial charge in [0.1, 0.15) is 0 Å². The Bertz CT molecular complexity index is 143. The molecule has 0 radical (unpaired) electrons. The van der Waals surface area contributed by atoms with Crippen molar-refractivity contribution in [1.82, 2.24) is 5.06 Å². The van der Waals surface area contributed by atoms with E-state index in [9.17, 15) is 0 Å². The van der Waals surface area contributed by atoms with Crippen LogP contribution in [0, 0.1) is 11.3 Å². The Morgan fingerprint density at radius 1 is 1.42 bits per heavy atom. The molecule has 1 aliphatic heterocycles. The molecule has 0 bridgehead atoms. The van der Waals surface area contributed by atoms with E-state index in [0.29, 0.717) is 13.0 Å². The van der Waals surface area contributed by atoms with Gasteiger partial charge in [0.05, 0.1) is 32.3 Å². The molecule has 1 heterocycles. The molecule has 1 unspecified atom stereocenters. The Labute approximate surface area is 76.0 Å². The van der Waals surface area contributed by atoms with Crippen LogP contribution in [0.4, 0.5) is 0 Å². The van der Waals surface area contributed by atoms with Crippen LogP contribution in [0.15, 0.2) is 0 Å².